The first-order chi connectivity index (χ1) is 10.1. The number of fused-ring (bicyclic) bond motifs is 1. The van der Waals surface area contributed by atoms with Crippen molar-refractivity contribution in [3.05, 3.63) is 64.7 Å². The lowest BCUT2D eigenvalue weighted by Gasteiger charge is -2.05. The second-order valence-corrected chi connectivity index (χ2v) is 5.12. The summed E-state index contributed by atoms with van der Waals surface area (Å²) in [6, 6.07) is 8.76. The first-order valence-corrected chi connectivity index (χ1v) is 6.86. The van der Waals surface area contributed by atoms with Gasteiger partial charge in [-0.15, -0.1) is 0 Å². The van der Waals surface area contributed by atoms with Crippen LogP contribution in [0.5, 0.6) is 5.75 Å². The molecular formula is C17H14F2O2. The molecule has 1 heterocycles. The lowest BCUT2D eigenvalue weighted by molar-refractivity contribution is 0.0982. The number of hydrogen-bond acceptors (Lipinski definition) is 2. The van der Waals surface area contributed by atoms with Gasteiger partial charge in [-0.25, -0.2) is 8.78 Å². The van der Waals surface area contributed by atoms with Crippen LogP contribution in [0.15, 0.2) is 36.4 Å². The zero-order valence-electron chi connectivity index (χ0n) is 11.4. The molecule has 3 rings (SSSR count). The molecule has 2 aromatic rings. The lowest BCUT2D eigenvalue weighted by Crippen LogP contribution is -2.03. The van der Waals surface area contributed by atoms with Crippen molar-refractivity contribution in [2.45, 2.75) is 19.3 Å². The Morgan fingerprint density at radius 3 is 2.62 bits per heavy atom. The van der Waals surface area contributed by atoms with E-state index >= 15 is 0 Å². The largest absolute Gasteiger partial charge is 0.493 e. The van der Waals surface area contributed by atoms with Crippen molar-refractivity contribution in [1.29, 1.82) is 0 Å². The minimum Gasteiger partial charge on any atom is -0.493 e. The van der Waals surface area contributed by atoms with E-state index in [2.05, 4.69) is 0 Å². The van der Waals surface area contributed by atoms with Gasteiger partial charge in [-0.3, -0.25) is 4.79 Å². The van der Waals surface area contributed by atoms with Crippen LogP contribution in [0.4, 0.5) is 8.78 Å². The van der Waals surface area contributed by atoms with Gasteiger partial charge in [-0.05, 0) is 35.7 Å². The molecule has 0 amide bonds. The first kappa shape index (κ1) is 13.7. The molecule has 0 atom stereocenters. The molecule has 0 spiro atoms. The number of rotatable bonds is 4. The third-order valence-electron chi connectivity index (χ3n) is 3.58. The summed E-state index contributed by atoms with van der Waals surface area (Å²) in [5.74, 6) is -0.816. The van der Waals surface area contributed by atoms with Crippen molar-refractivity contribution < 1.29 is 18.3 Å². The topological polar surface area (TPSA) is 26.3 Å². The van der Waals surface area contributed by atoms with Crippen LogP contribution in [0.2, 0.25) is 0 Å². The van der Waals surface area contributed by atoms with Crippen LogP contribution >= 0.6 is 0 Å². The van der Waals surface area contributed by atoms with E-state index in [1.54, 1.807) is 0 Å². The molecular weight excluding hydrogens is 274 g/mol. The molecule has 0 saturated carbocycles. The summed E-state index contributed by atoms with van der Waals surface area (Å²) in [6.45, 7) is 0.695. The highest BCUT2D eigenvalue weighted by Crippen LogP contribution is 2.26. The van der Waals surface area contributed by atoms with Crippen molar-refractivity contribution in [1.82, 2.24) is 0 Å². The van der Waals surface area contributed by atoms with Crippen LogP contribution in [0.1, 0.15) is 27.9 Å². The molecule has 0 aromatic heterocycles. The van der Waals surface area contributed by atoms with E-state index in [9.17, 15) is 13.6 Å². The molecule has 0 aliphatic carbocycles. The summed E-state index contributed by atoms with van der Waals surface area (Å²) in [7, 11) is 0. The molecule has 0 bridgehead atoms. The zero-order chi connectivity index (χ0) is 14.8. The summed E-state index contributed by atoms with van der Waals surface area (Å²) in [6.07, 6.45) is 1.65. The second kappa shape index (κ2) is 5.64. The van der Waals surface area contributed by atoms with Gasteiger partial charge >= 0.3 is 0 Å². The molecule has 0 radical (unpaired) electrons. The lowest BCUT2D eigenvalue weighted by atomic mass is 10.0. The van der Waals surface area contributed by atoms with Crippen LogP contribution in [-0.2, 0) is 12.8 Å². The maximum absolute atomic E-state index is 13.1. The minimum atomic E-state index is -0.729. The molecule has 0 unspecified atom stereocenters. The Morgan fingerprint density at radius 2 is 1.86 bits per heavy atom. The number of benzene rings is 2. The Morgan fingerprint density at radius 1 is 1.10 bits per heavy atom. The summed E-state index contributed by atoms with van der Waals surface area (Å²) >= 11 is 0. The van der Waals surface area contributed by atoms with Gasteiger partial charge in [-0.1, -0.05) is 12.1 Å². The van der Waals surface area contributed by atoms with Crippen LogP contribution in [0, 0.1) is 11.6 Å². The van der Waals surface area contributed by atoms with Crippen molar-refractivity contribution >= 4 is 5.78 Å². The van der Waals surface area contributed by atoms with Crippen LogP contribution in [-0.4, -0.2) is 12.4 Å². The van der Waals surface area contributed by atoms with Gasteiger partial charge in [0.15, 0.2) is 5.78 Å². The zero-order valence-corrected chi connectivity index (χ0v) is 11.4. The predicted octanol–water partition coefficient (Wildman–Crippen LogP) is 3.72. The normalized spacial score (nSPS) is 12.9. The van der Waals surface area contributed by atoms with E-state index < -0.39 is 11.6 Å². The maximum Gasteiger partial charge on any atom is 0.163 e. The number of halogens is 2. The molecule has 2 aromatic carbocycles. The van der Waals surface area contributed by atoms with Gasteiger partial charge in [0.05, 0.1) is 6.61 Å². The minimum absolute atomic E-state index is 0.0805. The van der Waals surface area contributed by atoms with E-state index in [4.69, 9.17) is 4.74 Å². The van der Waals surface area contributed by atoms with Crippen LogP contribution in [0.25, 0.3) is 0 Å². The number of hydrogen-bond donors (Lipinski definition) is 0. The van der Waals surface area contributed by atoms with Crippen molar-refractivity contribution in [3.63, 3.8) is 0 Å². The van der Waals surface area contributed by atoms with Crippen molar-refractivity contribution in [2.24, 2.45) is 0 Å². The Labute approximate surface area is 121 Å². The summed E-state index contributed by atoms with van der Waals surface area (Å²) in [5, 5.41) is 0. The van der Waals surface area contributed by atoms with Crippen molar-refractivity contribution in [3.8, 4) is 5.75 Å². The molecule has 108 valence electrons. The first-order valence-electron chi connectivity index (χ1n) is 6.86. The van der Waals surface area contributed by atoms with Crippen LogP contribution in [0.3, 0.4) is 0 Å². The highest BCUT2D eigenvalue weighted by molar-refractivity contribution is 5.96. The monoisotopic (exact) mass is 288 g/mol. The molecule has 0 N–H and O–H groups in total. The molecule has 0 saturated heterocycles. The number of ether oxygens (including phenoxy) is 1. The highest BCUT2D eigenvalue weighted by Gasteiger charge is 2.13. The molecule has 1 aliphatic rings. The average Bonchev–Trinajstić information content (AvgIpc) is 2.91. The third kappa shape index (κ3) is 3.10. The SMILES string of the molecule is O=C(CCc1ccc2c(c1)CCO2)c1cc(F)cc(F)c1. The van der Waals surface area contributed by atoms with Crippen LogP contribution < -0.4 is 4.74 Å². The summed E-state index contributed by atoms with van der Waals surface area (Å²) in [4.78, 5) is 12.0. The standard InChI is InChI=1S/C17H14F2O2/c18-14-8-13(9-15(19)10-14)16(20)3-1-11-2-4-17-12(7-11)5-6-21-17/h2,4,7-10H,1,3,5-6H2. The Kier molecular flexibility index (Phi) is 3.69. The van der Waals surface area contributed by atoms with Gasteiger partial charge in [0, 0.05) is 24.5 Å². The molecule has 4 heteroatoms. The highest BCUT2D eigenvalue weighted by atomic mass is 19.1. The number of Topliss-reactive ketones (excluding diaryl/α,β-unsaturated/α-hetero) is 1. The number of carbonyl (C=O) groups excluding carboxylic acids is 1. The maximum atomic E-state index is 13.1. The van der Waals surface area contributed by atoms with Gasteiger partial charge in [-0.2, -0.15) is 0 Å². The Balaban J connectivity index is 1.68. The molecule has 2 nitrogen and oxygen atoms in total. The van der Waals surface area contributed by atoms with E-state index in [1.165, 1.54) is 0 Å². The van der Waals surface area contributed by atoms with Gasteiger partial charge < -0.3 is 4.74 Å². The molecule has 21 heavy (non-hydrogen) atoms. The average molecular weight is 288 g/mol. The van der Waals surface area contributed by atoms with E-state index in [0.717, 1.165) is 41.5 Å². The number of ketones is 1. The smallest absolute Gasteiger partial charge is 0.163 e. The van der Waals surface area contributed by atoms with E-state index in [1.807, 2.05) is 18.2 Å². The summed E-state index contributed by atoms with van der Waals surface area (Å²) in [5.41, 5.74) is 2.26. The van der Waals surface area contributed by atoms with Crippen molar-refractivity contribution in [2.75, 3.05) is 6.61 Å². The van der Waals surface area contributed by atoms with E-state index in [-0.39, 0.29) is 17.8 Å². The summed E-state index contributed by atoms with van der Waals surface area (Å²) < 4.78 is 31.6. The quantitative estimate of drug-likeness (QED) is 0.802. The Bertz CT molecular complexity index is 675. The predicted molar refractivity (Wildman–Crippen MR) is 74.7 cm³/mol. The fraction of sp³-hybridized carbons (Fsp3) is 0.235. The van der Waals surface area contributed by atoms with Gasteiger partial charge in [0.2, 0.25) is 0 Å². The second-order valence-electron chi connectivity index (χ2n) is 5.12. The Hall–Kier alpha value is -2.23. The fourth-order valence-electron chi connectivity index (χ4n) is 2.51. The fourth-order valence-corrected chi connectivity index (χ4v) is 2.51. The van der Waals surface area contributed by atoms with E-state index in [0.29, 0.717) is 13.0 Å². The third-order valence-corrected chi connectivity index (χ3v) is 3.58. The molecule has 0 fully saturated rings. The van der Waals surface area contributed by atoms with Gasteiger partial charge in [0.1, 0.15) is 17.4 Å². The number of aryl methyl sites for hydroxylation is 1. The molecule has 1 aliphatic heterocycles. The van der Waals surface area contributed by atoms with Gasteiger partial charge in [0.25, 0.3) is 0 Å². The number of carbonyl (C=O) groups is 1.